The van der Waals surface area contributed by atoms with E-state index in [9.17, 15) is 9.59 Å². The van der Waals surface area contributed by atoms with Gasteiger partial charge in [0.05, 0.1) is 10.8 Å². The van der Waals surface area contributed by atoms with Crippen molar-refractivity contribution < 1.29 is 9.59 Å². The third-order valence-electron chi connectivity index (χ3n) is 2.55. The molecule has 0 amide bonds. The molecule has 0 heterocycles. The molecule has 70 valence electrons. The van der Waals surface area contributed by atoms with Crippen LogP contribution < -0.4 is 0 Å². The number of carbonyl (C=O) groups excluding carboxylic acids is 2. The van der Waals surface area contributed by atoms with Crippen molar-refractivity contribution in [3.63, 3.8) is 0 Å². The van der Waals surface area contributed by atoms with Crippen molar-refractivity contribution >= 4 is 33.7 Å². The van der Waals surface area contributed by atoms with Crippen molar-refractivity contribution in [2.45, 2.75) is 27.7 Å². The second kappa shape index (κ2) is 3.35. The van der Waals surface area contributed by atoms with E-state index in [0.29, 0.717) is 0 Å². The maximum absolute atomic E-state index is 11.0. The highest BCUT2D eigenvalue weighted by Gasteiger charge is 2.46. The van der Waals surface area contributed by atoms with E-state index >= 15 is 0 Å². The second-order valence-corrected chi connectivity index (χ2v) is 4.48. The predicted molar refractivity (Wildman–Crippen MR) is 49.3 cm³/mol. The minimum absolute atomic E-state index is 0.554. The van der Waals surface area contributed by atoms with Gasteiger partial charge >= 0.3 is 0 Å². The van der Waals surface area contributed by atoms with Gasteiger partial charge in [0.25, 0.3) is 0 Å². The van der Waals surface area contributed by atoms with Gasteiger partial charge in [-0.25, -0.2) is 0 Å². The van der Waals surface area contributed by atoms with Crippen LogP contribution in [0.25, 0.3) is 0 Å². The average molecular weight is 211 g/mol. The molecule has 0 atom stereocenters. The maximum atomic E-state index is 11.0. The molecule has 0 fully saturated rings. The molecule has 0 rings (SSSR count). The monoisotopic (exact) mass is 210 g/mol. The van der Waals surface area contributed by atoms with Crippen LogP contribution >= 0.6 is 23.2 Å². The molecule has 12 heavy (non-hydrogen) atoms. The van der Waals surface area contributed by atoms with Gasteiger partial charge in [-0.15, -0.1) is 0 Å². The standard InChI is InChI=1S/C8H12Cl2O2/c1-7(2,5(9)11)8(3,4)6(10)12/h1-4H3. The van der Waals surface area contributed by atoms with E-state index in [1.165, 1.54) is 0 Å². The Hall–Kier alpha value is -0.0800. The van der Waals surface area contributed by atoms with E-state index in [1.54, 1.807) is 27.7 Å². The minimum Gasteiger partial charge on any atom is -0.281 e. The van der Waals surface area contributed by atoms with Gasteiger partial charge in [-0.2, -0.15) is 0 Å². The fourth-order valence-electron chi connectivity index (χ4n) is 0.491. The summed E-state index contributed by atoms with van der Waals surface area (Å²) in [5.74, 6) is 0. The molecular weight excluding hydrogens is 199 g/mol. The smallest absolute Gasteiger partial charge is 0.228 e. The molecule has 0 aliphatic carbocycles. The normalized spacial score (nSPS) is 12.8. The molecule has 0 N–H and O–H groups in total. The fraction of sp³-hybridized carbons (Fsp3) is 0.750. The zero-order valence-corrected chi connectivity index (χ0v) is 9.08. The third kappa shape index (κ3) is 1.80. The highest BCUT2D eigenvalue weighted by Crippen LogP contribution is 2.41. The molecule has 0 radical (unpaired) electrons. The number of halogens is 2. The lowest BCUT2D eigenvalue weighted by Crippen LogP contribution is -2.41. The number of rotatable bonds is 3. The summed E-state index contributed by atoms with van der Waals surface area (Å²) in [5, 5.41) is -1.11. The Kier molecular flexibility index (Phi) is 3.32. The van der Waals surface area contributed by atoms with Gasteiger partial charge in [-0.05, 0) is 23.2 Å². The van der Waals surface area contributed by atoms with Crippen molar-refractivity contribution in [1.29, 1.82) is 0 Å². The topological polar surface area (TPSA) is 34.1 Å². The average Bonchev–Trinajstić information content (AvgIpc) is 1.86. The predicted octanol–water partition coefficient (Wildman–Crippen LogP) is 2.57. The second-order valence-electron chi connectivity index (χ2n) is 3.80. The molecule has 0 saturated heterocycles. The first-order valence-corrected chi connectivity index (χ1v) is 4.29. The van der Waals surface area contributed by atoms with Gasteiger partial charge in [-0.1, -0.05) is 27.7 Å². The molecule has 0 spiro atoms. The van der Waals surface area contributed by atoms with Crippen LogP contribution in [0.15, 0.2) is 0 Å². The molecule has 0 unspecified atom stereocenters. The number of hydrogen-bond donors (Lipinski definition) is 0. The molecular formula is C8H12Cl2O2. The first kappa shape index (κ1) is 11.9. The van der Waals surface area contributed by atoms with Crippen LogP contribution in [0.3, 0.4) is 0 Å². The summed E-state index contributed by atoms with van der Waals surface area (Å²) in [7, 11) is 0. The molecule has 4 heteroatoms. The van der Waals surface area contributed by atoms with Crippen molar-refractivity contribution in [2.75, 3.05) is 0 Å². The highest BCUT2D eigenvalue weighted by molar-refractivity contribution is 6.67. The minimum atomic E-state index is -0.937. The summed E-state index contributed by atoms with van der Waals surface area (Å²) in [6.07, 6.45) is 0. The summed E-state index contributed by atoms with van der Waals surface area (Å²) in [5.41, 5.74) is -1.87. The number of hydrogen-bond acceptors (Lipinski definition) is 2. The van der Waals surface area contributed by atoms with Gasteiger partial charge < -0.3 is 0 Å². The summed E-state index contributed by atoms with van der Waals surface area (Å²) in [6, 6.07) is 0. The Morgan fingerprint density at radius 2 is 1.00 bits per heavy atom. The Balaban J connectivity index is 5.01. The van der Waals surface area contributed by atoms with Gasteiger partial charge in [-0.3, -0.25) is 9.59 Å². The van der Waals surface area contributed by atoms with Crippen molar-refractivity contribution in [3.05, 3.63) is 0 Å². The van der Waals surface area contributed by atoms with Gasteiger partial charge in [0.1, 0.15) is 0 Å². The van der Waals surface area contributed by atoms with E-state index in [0.717, 1.165) is 0 Å². The van der Waals surface area contributed by atoms with E-state index in [4.69, 9.17) is 23.2 Å². The number of carbonyl (C=O) groups is 2. The van der Waals surface area contributed by atoms with Crippen LogP contribution in [0.5, 0.6) is 0 Å². The molecule has 0 saturated carbocycles. The Morgan fingerprint density at radius 1 is 0.833 bits per heavy atom. The quantitative estimate of drug-likeness (QED) is 0.672. The molecule has 0 aliphatic heterocycles. The lowest BCUT2D eigenvalue weighted by atomic mass is 9.69. The van der Waals surface area contributed by atoms with Gasteiger partial charge in [0.15, 0.2) is 0 Å². The van der Waals surface area contributed by atoms with E-state index in [2.05, 4.69) is 0 Å². The Morgan fingerprint density at radius 3 is 1.08 bits per heavy atom. The molecule has 0 aliphatic rings. The lowest BCUT2D eigenvalue weighted by molar-refractivity contribution is -0.134. The van der Waals surface area contributed by atoms with Crippen LogP contribution in [-0.2, 0) is 9.59 Å². The van der Waals surface area contributed by atoms with Gasteiger partial charge in [0.2, 0.25) is 10.5 Å². The molecule has 0 aromatic carbocycles. The summed E-state index contributed by atoms with van der Waals surface area (Å²) >= 11 is 10.7. The fourth-order valence-corrected chi connectivity index (χ4v) is 0.964. The van der Waals surface area contributed by atoms with Crippen molar-refractivity contribution in [3.8, 4) is 0 Å². The summed E-state index contributed by atoms with van der Waals surface area (Å²) in [6.45, 7) is 6.40. The van der Waals surface area contributed by atoms with Crippen molar-refractivity contribution in [2.24, 2.45) is 10.8 Å². The van der Waals surface area contributed by atoms with Crippen LogP contribution in [0.4, 0.5) is 0 Å². The van der Waals surface area contributed by atoms with Crippen LogP contribution in [0.2, 0.25) is 0 Å². The zero-order valence-electron chi connectivity index (χ0n) is 7.57. The molecule has 0 aromatic rings. The van der Waals surface area contributed by atoms with E-state index in [-0.39, 0.29) is 0 Å². The molecule has 2 nitrogen and oxygen atoms in total. The zero-order chi connectivity index (χ0) is 10.2. The van der Waals surface area contributed by atoms with Crippen molar-refractivity contribution in [1.82, 2.24) is 0 Å². The third-order valence-corrected chi connectivity index (χ3v) is 3.49. The Labute approximate surface area is 82.2 Å². The van der Waals surface area contributed by atoms with Crippen LogP contribution in [0, 0.1) is 10.8 Å². The van der Waals surface area contributed by atoms with Crippen LogP contribution in [0.1, 0.15) is 27.7 Å². The maximum Gasteiger partial charge on any atom is 0.228 e. The lowest BCUT2D eigenvalue weighted by Gasteiger charge is -2.34. The SMILES string of the molecule is CC(C)(C(=O)Cl)C(C)(C)C(=O)Cl. The van der Waals surface area contributed by atoms with Gasteiger partial charge in [0, 0.05) is 0 Å². The van der Waals surface area contributed by atoms with E-state index in [1.807, 2.05) is 0 Å². The first-order valence-electron chi connectivity index (χ1n) is 3.54. The molecule has 0 bridgehead atoms. The largest absolute Gasteiger partial charge is 0.281 e. The van der Waals surface area contributed by atoms with E-state index < -0.39 is 21.3 Å². The van der Waals surface area contributed by atoms with Crippen LogP contribution in [-0.4, -0.2) is 10.5 Å². The first-order chi connectivity index (χ1) is 5.14. The summed E-state index contributed by atoms with van der Waals surface area (Å²) < 4.78 is 0. The highest BCUT2D eigenvalue weighted by atomic mass is 35.5. The molecule has 0 aromatic heterocycles. The Bertz CT molecular complexity index is 195. The summed E-state index contributed by atoms with van der Waals surface area (Å²) in [4.78, 5) is 21.9.